The fourth-order valence-corrected chi connectivity index (χ4v) is 4.52. The van der Waals surface area contributed by atoms with E-state index in [0.717, 1.165) is 16.2 Å². The summed E-state index contributed by atoms with van der Waals surface area (Å²) in [7, 11) is -3.74. The van der Waals surface area contributed by atoms with Crippen LogP contribution in [0.15, 0.2) is 39.9 Å². The van der Waals surface area contributed by atoms with E-state index in [4.69, 9.17) is 29.9 Å². The summed E-state index contributed by atoms with van der Waals surface area (Å²) in [5, 5.41) is -0.0151. The van der Waals surface area contributed by atoms with E-state index in [2.05, 4.69) is 4.98 Å². The molecule has 0 aliphatic carbocycles. The topological polar surface area (TPSA) is 109 Å². The molecule has 11 heteroatoms. The molecule has 0 radical (unpaired) electrons. The molecule has 1 N–H and O–H groups in total. The van der Waals surface area contributed by atoms with Crippen LogP contribution in [0.2, 0.25) is 5.15 Å². The number of rotatable bonds is 4. The van der Waals surface area contributed by atoms with Crippen molar-refractivity contribution in [1.29, 1.82) is 0 Å². The van der Waals surface area contributed by atoms with Crippen molar-refractivity contribution >= 4 is 19.4 Å². The molecule has 3 atom stereocenters. The molecular formula is C16H16ClN2O7P. The first-order valence-electron chi connectivity index (χ1n) is 8.27. The molecule has 2 aliphatic heterocycles. The van der Waals surface area contributed by atoms with E-state index in [0.29, 0.717) is 18.6 Å². The van der Waals surface area contributed by atoms with Gasteiger partial charge in [0.05, 0.1) is 19.3 Å². The molecule has 1 aromatic carbocycles. The Balaban J connectivity index is 1.39. The van der Waals surface area contributed by atoms with Crippen molar-refractivity contribution in [1.82, 2.24) is 9.55 Å². The molecular weight excluding hydrogens is 399 g/mol. The maximum Gasteiger partial charge on any atom is 0.530 e. The summed E-state index contributed by atoms with van der Waals surface area (Å²) in [4.78, 5) is 25.4. The highest BCUT2D eigenvalue weighted by Crippen LogP contribution is 2.54. The number of H-pyrrole nitrogens is 1. The SMILES string of the molecule is O=c1cc(Cl)n(C2CCC(COP3(=O)OCc4ccccc4O3)O2)c(=O)[nH]1. The molecule has 3 heterocycles. The number of para-hydroxylation sites is 1. The molecule has 1 fully saturated rings. The Morgan fingerprint density at radius 1 is 1.30 bits per heavy atom. The average molecular weight is 415 g/mol. The summed E-state index contributed by atoms with van der Waals surface area (Å²) < 4.78 is 35.5. The van der Waals surface area contributed by atoms with Gasteiger partial charge in [-0.1, -0.05) is 29.8 Å². The molecule has 4 rings (SSSR count). The number of ether oxygens (including phenoxy) is 1. The average Bonchev–Trinajstić information content (AvgIpc) is 3.08. The van der Waals surface area contributed by atoms with Crippen LogP contribution in [-0.4, -0.2) is 22.3 Å². The number of hydrogen-bond donors (Lipinski definition) is 1. The van der Waals surface area contributed by atoms with Gasteiger partial charge in [-0.2, -0.15) is 0 Å². The largest absolute Gasteiger partial charge is 0.530 e. The van der Waals surface area contributed by atoms with Gasteiger partial charge < -0.3 is 9.26 Å². The van der Waals surface area contributed by atoms with Gasteiger partial charge in [-0.15, -0.1) is 0 Å². The van der Waals surface area contributed by atoms with Crippen molar-refractivity contribution < 1.29 is 22.9 Å². The molecule has 0 saturated carbocycles. The summed E-state index contributed by atoms with van der Waals surface area (Å²) in [5.74, 6) is 0.462. The van der Waals surface area contributed by atoms with Crippen LogP contribution >= 0.6 is 19.4 Å². The van der Waals surface area contributed by atoms with Crippen LogP contribution in [0, 0.1) is 0 Å². The predicted octanol–water partition coefficient (Wildman–Crippen LogP) is 2.60. The van der Waals surface area contributed by atoms with Gasteiger partial charge in [-0.3, -0.25) is 23.4 Å². The van der Waals surface area contributed by atoms with Gasteiger partial charge in [0, 0.05) is 11.6 Å². The van der Waals surface area contributed by atoms with E-state index >= 15 is 0 Å². The summed E-state index contributed by atoms with van der Waals surface area (Å²) in [6, 6.07) is 8.22. The minimum atomic E-state index is -3.74. The molecule has 3 unspecified atom stereocenters. The quantitative estimate of drug-likeness (QED) is 0.605. The van der Waals surface area contributed by atoms with Crippen LogP contribution in [0.1, 0.15) is 24.6 Å². The summed E-state index contributed by atoms with van der Waals surface area (Å²) >= 11 is 5.98. The van der Waals surface area contributed by atoms with Gasteiger partial charge >= 0.3 is 13.5 Å². The molecule has 2 aromatic rings. The lowest BCUT2D eigenvalue weighted by atomic mass is 10.2. The van der Waals surface area contributed by atoms with Crippen molar-refractivity contribution in [3.63, 3.8) is 0 Å². The van der Waals surface area contributed by atoms with Gasteiger partial charge in [-0.05, 0) is 18.9 Å². The molecule has 0 spiro atoms. The van der Waals surface area contributed by atoms with Crippen LogP contribution in [0.4, 0.5) is 0 Å². The van der Waals surface area contributed by atoms with Gasteiger partial charge in [0.25, 0.3) is 5.56 Å². The second-order valence-corrected chi connectivity index (χ2v) is 8.12. The van der Waals surface area contributed by atoms with Gasteiger partial charge in [0.2, 0.25) is 0 Å². The van der Waals surface area contributed by atoms with Gasteiger partial charge in [-0.25, -0.2) is 9.36 Å². The number of benzene rings is 1. The molecule has 9 nitrogen and oxygen atoms in total. The second kappa shape index (κ2) is 7.26. The highest BCUT2D eigenvalue weighted by atomic mass is 35.5. The van der Waals surface area contributed by atoms with Crippen molar-refractivity contribution in [3.05, 3.63) is 61.9 Å². The maximum absolute atomic E-state index is 12.6. The zero-order chi connectivity index (χ0) is 19.0. The standard InChI is InChI=1S/C16H16ClN2O7P/c17-13-7-14(20)18-16(21)19(13)15-6-5-11(25-15)9-24-27(22)23-8-10-3-1-2-4-12(10)26-27/h1-4,7,11,15H,5-6,8-9H2,(H,18,20,21). The molecule has 1 aromatic heterocycles. The van der Waals surface area contributed by atoms with Crippen molar-refractivity contribution in [2.45, 2.75) is 31.8 Å². The minimum absolute atomic E-state index is 0.0151. The Kier molecular flexibility index (Phi) is 4.96. The van der Waals surface area contributed by atoms with Gasteiger partial charge in [0.15, 0.2) is 0 Å². The molecule has 1 saturated heterocycles. The Labute approximate surface area is 158 Å². The van der Waals surface area contributed by atoms with Crippen LogP contribution in [-0.2, 0) is 25.0 Å². The highest BCUT2D eigenvalue weighted by Gasteiger charge is 2.37. The second-order valence-electron chi connectivity index (χ2n) is 6.14. The molecule has 2 aliphatic rings. The zero-order valence-electron chi connectivity index (χ0n) is 14.0. The van der Waals surface area contributed by atoms with Crippen molar-refractivity contribution in [2.24, 2.45) is 0 Å². The van der Waals surface area contributed by atoms with E-state index in [1.54, 1.807) is 12.1 Å². The lowest BCUT2D eigenvalue weighted by molar-refractivity contribution is -0.0262. The van der Waals surface area contributed by atoms with Gasteiger partial charge in [0.1, 0.15) is 17.1 Å². The molecule has 144 valence electrons. The first-order chi connectivity index (χ1) is 12.9. The first kappa shape index (κ1) is 18.5. The normalized spacial score (nSPS) is 27.1. The van der Waals surface area contributed by atoms with E-state index < -0.39 is 31.4 Å². The zero-order valence-corrected chi connectivity index (χ0v) is 15.7. The smallest absolute Gasteiger partial charge is 0.404 e. The maximum atomic E-state index is 12.6. The van der Waals surface area contributed by atoms with Crippen molar-refractivity contribution in [2.75, 3.05) is 6.61 Å². The Morgan fingerprint density at radius 2 is 2.11 bits per heavy atom. The number of halogens is 1. The van der Waals surface area contributed by atoms with E-state index in [1.165, 1.54) is 0 Å². The Hall–Kier alpha value is -1.90. The lowest BCUT2D eigenvalue weighted by Gasteiger charge is -2.25. The predicted molar refractivity (Wildman–Crippen MR) is 94.9 cm³/mol. The number of aromatic amines is 1. The van der Waals surface area contributed by atoms with Crippen LogP contribution in [0.3, 0.4) is 0 Å². The number of phosphoric acid groups is 1. The number of phosphoric ester groups is 1. The van der Waals surface area contributed by atoms with E-state index in [9.17, 15) is 14.2 Å². The highest BCUT2D eigenvalue weighted by molar-refractivity contribution is 7.49. The first-order valence-corrected chi connectivity index (χ1v) is 10.1. The third-order valence-electron chi connectivity index (χ3n) is 4.28. The summed E-state index contributed by atoms with van der Waals surface area (Å²) in [6.07, 6.45) is -0.0528. The Morgan fingerprint density at radius 3 is 2.93 bits per heavy atom. The number of nitrogens with one attached hydrogen (secondary N) is 1. The van der Waals surface area contributed by atoms with E-state index in [-0.39, 0.29) is 18.4 Å². The van der Waals surface area contributed by atoms with E-state index in [1.807, 2.05) is 12.1 Å². The number of hydrogen-bond acceptors (Lipinski definition) is 7. The molecule has 0 amide bonds. The molecule has 0 bridgehead atoms. The lowest BCUT2D eigenvalue weighted by Crippen LogP contribution is -2.33. The summed E-state index contributed by atoms with van der Waals surface area (Å²) in [5.41, 5.74) is -0.441. The number of nitrogens with zero attached hydrogens (tertiary/aromatic N) is 1. The fraction of sp³-hybridized carbons (Fsp3) is 0.375. The van der Waals surface area contributed by atoms with Crippen LogP contribution in [0.5, 0.6) is 5.75 Å². The molecule has 27 heavy (non-hydrogen) atoms. The fourth-order valence-electron chi connectivity index (χ4n) is 2.99. The number of fused-ring (bicyclic) bond motifs is 1. The van der Waals surface area contributed by atoms with Crippen molar-refractivity contribution in [3.8, 4) is 5.75 Å². The summed E-state index contributed by atoms with van der Waals surface area (Å²) in [6.45, 7) is 0.0929. The minimum Gasteiger partial charge on any atom is -0.404 e. The third kappa shape index (κ3) is 3.88. The number of aromatic nitrogens is 2. The van der Waals surface area contributed by atoms with Crippen LogP contribution in [0.25, 0.3) is 0 Å². The monoisotopic (exact) mass is 414 g/mol. The van der Waals surface area contributed by atoms with Crippen LogP contribution < -0.4 is 15.8 Å². The Bertz CT molecular complexity index is 1020. The third-order valence-corrected chi connectivity index (χ3v) is 5.90.